The fraction of sp³-hybridized carbons (Fsp3) is 0.455. The molecular weight excluding hydrogens is 396 g/mol. The van der Waals surface area contributed by atoms with Gasteiger partial charge in [-0.05, 0) is 67.6 Å². The van der Waals surface area contributed by atoms with Crippen LogP contribution in [0.5, 0.6) is 5.75 Å². The molecule has 1 amide bonds. The normalized spacial score (nSPS) is 16.3. The van der Waals surface area contributed by atoms with Crippen molar-refractivity contribution in [3.63, 3.8) is 0 Å². The van der Waals surface area contributed by atoms with Gasteiger partial charge in [-0.25, -0.2) is 4.68 Å². The van der Waals surface area contributed by atoms with Gasteiger partial charge < -0.3 is 19.0 Å². The molecule has 1 atom stereocenters. The highest BCUT2D eigenvalue weighted by molar-refractivity contribution is 5.91. The summed E-state index contributed by atoms with van der Waals surface area (Å²) in [6.07, 6.45) is 1.53. The second kappa shape index (κ2) is 8.50. The standard InChI is InChI=1S/C22H28N6O3/c1-22(2,3)28-20(23-24-25-28)19(16-7-9-17(30-4)10-8-16)26-11-13-27(14-12-26)21(29)18-6-5-15-31-18/h5-10,15,19H,11-14H2,1-4H3/p+1/t19-/m0/s1. The fourth-order valence-electron chi connectivity index (χ4n) is 4.06. The molecule has 3 heterocycles. The number of hydrogen-bond donors (Lipinski definition) is 1. The number of tetrazole rings is 1. The molecule has 164 valence electrons. The number of ether oxygens (including phenoxy) is 1. The third-order valence-corrected chi connectivity index (χ3v) is 5.67. The molecule has 4 rings (SSSR count). The zero-order valence-electron chi connectivity index (χ0n) is 18.4. The highest BCUT2D eigenvalue weighted by Gasteiger charge is 2.37. The Morgan fingerprint density at radius 2 is 1.87 bits per heavy atom. The van der Waals surface area contributed by atoms with Gasteiger partial charge >= 0.3 is 0 Å². The summed E-state index contributed by atoms with van der Waals surface area (Å²) in [5, 5.41) is 12.7. The molecule has 1 aromatic carbocycles. The van der Waals surface area contributed by atoms with E-state index in [0.29, 0.717) is 18.8 Å². The number of carbonyl (C=O) groups excluding carboxylic acids is 1. The van der Waals surface area contributed by atoms with Crippen LogP contribution in [-0.2, 0) is 5.54 Å². The highest BCUT2D eigenvalue weighted by atomic mass is 16.5. The first-order valence-electron chi connectivity index (χ1n) is 10.5. The molecule has 0 saturated carbocycles. The van der Waals surface area contributed by atoms with Gasteiger partial charge in [0.2, 0.25) is 5.82 Å². The zero-order chi connectivity index (χ0) is 22.0. The number of rotatable bonds is 5. The number of nitrogens with one attached hydrogen (secondary N) is 1. The molecule has 1 N–H and O–H groups in total. The third-order valence-electron chi connectivity index (χ3n) is 5.67. The average molecular weight is 426 g/mol. The molecule has 1 saturated heterocycles. The minimum Gasteiger partial charge on any atom is -0.497 e. The lowest BCUT2D eigenvalue weighted by Crippen LogP contribution is -3.15. The number of carbonyl (C=O) groups is 1. The van der Waals surface area contributed by atoms with E-state index in [9.17, 15) is 4.79 Å². The fourth-order valence-corrected chi connectivity index (χ4v) is 4.06. The number of aromatic nitrogens is 4. The van der Waals surface area contributed by atoms with Crippen LogP contribution in [0.15, 0.2) is 47.1 Å². The summed E-state index contributed by atoms with van der Waals surface area (Å²) in [5.74, 6) is 1.94. The van der Waals surface area contributed by atoms with Gasteiger partial charge in [-0.15, -0.1) is 5.10 Å². The van der Waals surface area contributed by atoms with Crippen molar-refractivity contribution in [1.29, 1.82) is 0 Å². The quantitative estimate of drug-likeness (QED) is 0.660. The molecule has 9 heteroatoms. The van der Waals surface area contributed by atoms with E-state index >= 15 is 0 Å². The van der Waals surface area contributed by atoms with Gasteiger partial charge in [0, 0.05) is 5.56 Å². The zero-order valence-corrected chi connectivity index (χ0v) is 18.4. The molecule has 3 aromatic rings. The first-order valence-corrected chi connectivity index (χ1v) is 10.5. The summed E-state index contributed by atoms with van der Waals surface area (Å²) in [5.41, 5.74) is 0.863. The Labute approximate surface area is 181 Å². The maximum Gasteiger partial charge on any atom is 0.289 e. The predicted molar refractivity (Wildman–Crippen MR) is 113 cm³/mol. The van der Waals surface area contributed by atoms with E-state index in [1.165, 1.54) is 11.2 Å². The smallest absolute Gasteiger partial charge is 0.289 e. The van der Waals surface area contributed by atoms with Gasteiger partial charge in [0.05, 0.1) is 45.1 Å². The van der Waals surface area contributed by atoms with E-state index in [-0.39, 0.29) is 17.5 Å². The highest BCUT2D eigenvalue weighted by Crippen LogP contribution is 2.24. The molecule has 0 unspecified atom stereocenters. The van der Waals surface area contributed by atoms with Crippen LogP contribution in [0.2, 0.25) is 0 Å². The topological polar surface area (TPSA) is 90.7 Å². The average Bonchev–Trinajstić information content (AvgIpc) is 3.47. The number of quaternary nitrogens is 1. The summed E-state index contributed by atoms with van der Waals surface area (Å²) in [6, 6.07) is 11.4. The van der Waals surface area contributed by atoms with Crippen LogP contribution in [-0.4, -0.2) is 64.3 Å². The Kier molecular flexibility index (Phi) is 5.77. The lowest BCUT2D eigenvalue weighted by Gasteiger charge is -2.36. The molecule has 2 aromatic heterocycles. The van der Waals surface area contributed by atoms with Crippen LogP contribution in [0.3, 0.4) is 0 Å². The number of amides is 1. The maximum absolute atomic E-state index is 12.7. The van der Waals surface area contributed by atoms with Crippen molar-refractivity contribution in [2.45, 2.75) is 32.4 Å². The molecule has 0 bridgehead atoms. The monoisotopic (exact) mass is 425 g/mol. The first kappa shape index (κ1) is 21.0. The summed E-state index contributed by atoms with van der Waals surface area (Å²) in [7, 11) is 1.66. The van der Waals surface area contributed by atoms with Crippen molar-refractivity contribution in [2.75, 3.05) is 33.3 Å². The van der Waals surface area contributed by atoms with Crippen LogP contribution in [0.4, 0.5) is 0 Å². The molecule has 9 nitrogen and oxygen atoms in total. The van der Waals surface area contributed by atoms with E-state index in [2.05, 4.69) is 48.4 Å². The predicted octanol–water partition coefficient (Wildman–Crippen LogP) is 1.16. The van der Waals surface area contributed by atoms with Crippen molar-refractivity contribution in [2.24, 2.45) is 0 Å². The van der Waals surface area contributed by atoms with Crippen molar-refractivity contribution >= 4 is 5.91 Å². The lowest BCUT2D eigenvalue weighted by molar-refractivity contribution is -0.930. The van der Waals surface area contributed by atoms with Crippen molar-refractivity contribution in [3.8, 4) is 5.75 Å². The van der Waals surface area contributed by atoms with E-state index < -0.39 is 0 Å². The van der Waals surface area contributed by atoms with Crippen LogP contribution in [0.1, 0.15) is 48.8 Å². The van der Waals surface area contributed by atoms with Crippen LogP contribution in [0.25, 0.3) is 0 Å². The SMILES string of the molecule is COc1ccc([C@@H](c2nnnn2C(C)(C)C)[NH+]2CCN(C(=O)c3ccco3)CC2)cc1. The van der Waals surface area contributed by atoms with Gasteiger partial charge in [0.1, 0.15) is 5.75 Å². The van der Waals surface area contributed by atoms with Crippen LogP contribution in [0, 0.1) is 0 Å². The Morgan fingerprint density at radius 1 is 1.16 bits per heavy atom. The molecule has 31 heavy (non-hydrogen) atoms. The molecule has 1 fully saturated rings. The number of nitrogens with zero attached hydrogens (tertiary/aromatic N) is 5. The van der Waals surface area contributed by atoms with Crippen molar-refractivity contribution in [3.05, 3.63) is 59.8 Å². The van der Waals surface area contributed by atoms with Gasteiger partial charge in [0.25, 0.3) is 5.91 Å². The van der Waals surface area contributed by atoms with Crippen molar-refractivity contribution < 1.29 is 18.8 Å². The molecule has 1 aliphatic heterocycles. The summed E-state index contributed by atoms with van der Waals surface area (Å²) >= 11 is 0. The summed E-state index contributed by atoms with van der Waals surface area (Å²) < 4.78 is 12.5. The Morgan fingerprint density at radius 3 is 2.45 bits per heavy atom. The molecular formula is C22H29N6O3+. The largest absolute Gasteiger partial charge is 0.497 e. The molecule has 0 aliphatic carbocycles. The van der Waals surface area contributed by atoms with Crippen LogP contribution >= 0.6 is 0 Å². The van der Waals surface area contributed by atoms with Gasteiger partial charge in [-0.2, -0.15) is 0 Å². The molecule has 0 radical (unpaired) electrons. The Bertz CT molecular complexity index is 999. The number of benzene rings is 1. The number of piperazine rings is 1. The van der Waals surface area contributed by atoms with E-state index in [4.69, 9.17) is 9.15 Å². The second-order valence-electron chi connectivity index (χ2n) is 8.75. The van der Waals surface area contributed by atoms with E-state index in [1.807, 2.05) is 21.7 Å². The maximum atomic E-state index is 12.7. The minimum atomic E-state index is -0.250. The third kappa shape index (κ3) is 4.32. The Balaban J connectivity index is 1.61. The lowest BCUT2D eigenvalue weighted by atomic mass is 10.0. The van der Waals surface area contributed by atoms with E-state index in [1.54, 1.807) is 19.2 Å². The molecule has 0 spiro atoms. The van der Waals surface area contributed by atoms with E-state index in [0.717, 1.165) is 30.2 Å². The van der Waals surface area contributed by atoms with Crippen molar-refractivity contribution in [1.82, 2.24) is 25.1 Å². The Hall–Kier alpha value is -3.20. The summed E-state index contributed by atoms with van der Waals surface area (Å²) in [4.78, 5) is 15.8. The first-order chi connectivity index (χ1) is 14.9. The summed E-state index contributed by atoms with van der Waals surface area (Å²) in [6.45, 7) is 9.10. The van der Waals surface area contributed by atoms with Gasteiger partial charge in [-0.3, -0.25) is 4.79 Å². The molecule has 1 aliphatic rings. The number of furan rings is 1. The minimum absolute atomic E-state index is 0.0546. The van der Waals surface area contributed by atoms with Gasteiger partial charge in [-0.1, -0.05) is 0 Å². The van der Waals surface area contributed by atoms with Crippen LogP contribution < -0.4 is 9.64 Å². The second-order valence-corrected chi connectivity index (χ2v) is 8.75. The number of methoxy groups -OCH3 is 1. The number of hydrogen-bond acceptors (Lipinski definition) is 6. The van der Waals surface area contributed by atoms with Gasteiger partial charge in [0.15, 0.2) is 11.8 Å².